The van der Waals surface area contributed by atoms with Crippen LogP contribution in [0, 0.1) is 0 Å². The van der Waals surface area contributed by atoms with Crippen LogP contribution in [0.15, 0.2) is 36.9 Å². The number of Topliss-reactive ketones (excluding diaryl/α,β-unsaturated/α-hetero) is 1. The Morgan fingerprint density at radius 1 is 1.21 bits per heavy atom. The van der Waals surface area contributed by atoms with E-state index in [9.17, 15) is 20.1 Å². The topological polar surface area (TPSA) is 143 Å². The van der Waals surface area contributed by atoms with E-state index in [2.05, 4.69) is 20.3 Å². The molecule has 10 heteroatoms. The van der Waals surface area contributed by atoms with Gasteiger partial charge in [-0.3, -0.25) is 9.36 Å². The average Bonchev–Trinajstić information content (AvgIpc) is 3.28. The number of carbonyl (C=O) groups excluding carboxylic acids is 1. The summed E-state index contributed by atoms with van der Waals surface area (Å²) in [5.74, 6) is 0.433. The SMILES string of the molecule is CC(=O)c1ccccc1CNc1ncnc2c1ncn2[C@@H]1O[C@H](CO)[C@@H](O)[C@H]1O. The number of rotatable bonds is 6. The van der Waals surface area contributed by atoms with Crippen molar-refractivity contribution in [1.29, 1.82) is 0 Å². The lowest BCUT2D eigenvalue weighted by molar-refractivity contribution is -0.0511. The normalized spacial score (nSPS) is 24.1. The van der Waals surface area contributed by atoms with Crippen molar-refractivity contribution in [3.05, 3.63) is 48.0 Å². The third kappa shape index (κ3) is 3.47. The second-order valence-electron chi connectivity index (χ2n) is 6.84. The van der Waals surface area contributed by atoms with Gasteiger partial charge in [0.15, 0.2) is 29.0 Å². The molecule has 1 aliphatic rings. The molecule has 1 saturated heterocycles. The van der Waals surface area contributed by atoms with Gasteiger partial charge in [0.2, 0.25) is 0 Å². The lowest BCUT2D eigenvalue weighted by atomic mass is 10.0. The number of nitrogens with zero attached hydrogens (tertiary/aromatic N) is 4. The van der Waals surface area contributed by atoms with Gasteiger partial charge in [0.1, 0.15) is 24.6 Å². The van der Waals surface area contributed by atoms with Crippen LogP contribution in [0.25, 0.3) is 11.2 Å². The minimum atomic E-state index is -1.24. The van der Waals surface area contributed by atoms with Crippen molar-refractivity contribution >= 4 is 22.8 Å². The van der Waals surface area contributed by atoms with Gasteiger partial charge in [0.05, 0.1) is 12.9 Å². The number of hydrogen-bond acceptors (Lipinski definition) is 9. The number of aromatic nitrogens is 4. The zero-order chi connectivity index (χ0) is 20.5. The number of imidazole rings is 1. The lowest BCUT2D eigenvalue weighted by Gasteiger charge is -2.16. The van der Waals surface area contributed by atoms with Crippen LogP contribution >= 0.6 is 0 Å². The molecule has 0 radical (unpaired) electrons. The summed E-state index contributed by atoms with van der Waals surface area (Å²) in [6, 6.07) is 7.30. The highest BCUT2D eigenvalue weighted by molar-refractivity contribution is 5.95. The number of aliphatic hydroxyl groups is 3. The summed E-state index contributed by atoms with van der Waals surface area (Å²) >= 11 is 0. The fraction of sp³-hybridized carbons (Fsp3) is 0.368. The van der Waals surface area contributed by atoms with Crippen molar-refractivity contribution < 1.29 is 24.9 Å². The highest BCUT2D eigenvalue weighted by atomic mass is 16.6. The number of fused-ring (bicyclic) bond motifs is 1. The minimum absolute atomic E-state index is 0.0242. The van der Waals surface area contributed by atoms with E-state index < -0.39 is 31.1 Å². The molecule has 0 bridgehead atoms. The molecule has 4 rings (SSSR count). The molecule has 29 heavy (non-hydrogen) atoms. The maximum atomic E-state index is 11.8. The summed E-state index contributed by atoms with van der Waals surface area (Å²) in [5, 5.41) is 32.7. The maximum absolute atomic E-state index is 11.8. The molecule has 152 valence electrons. The molecule has 0 spiro atoms. The Morgan fingerprint density at radius 2 is 2.00 bits per heavy atom. The summed E-state index contributed by atoms with van der Waals surface area (Å²) in [5.41, 5.74) is 2.31. The van der Waals surface area contributed by atoms with Crippen LogP contribution in [-0.4, -0.2) is 65.5 Å². The van der Waals surface area contributed by atoms with Gasteiger partial charge in [-0.25, -0.2) is 15.0 Å². The van der Waals surface area contributed by atoms with Crippen molar-refractivity contribution in [1.82, 2.24) is 19.5 Å². The highest BCUT2D eigenvalue weighted by Gasteiger charge is 2.44. The number of carbonyl (C=O) groups is 1. The summed E-state index contributed by atoms with van der Waals surface area (Å²) in [6.45, 7) is 1.46. The summed E-state index contributed by atoms with van der Waals surface area (Å²) < 4.78 is 7.05. The molecule has 1 fully saturated rings. The second kappa shape index (κ2) is 7.84. The molecule has 3 heterocycles. The predicted molar refractivity (Wildman–Crippen MR) is 102 cm³/mol. The molecule has 1 aromatic carbocycles. The van der Waals surface area contributed by atoms with E-state index in [-0.39, 0.29) is 5.78 Å². The van der Waals surface area contributed by atoms with E-state index in [0.717, 1.165) is 5.56 Å². The van der Waals surface area contributed by atoms with Crippen LogP contribution in [0.1, 0.15) is 29.1 Å². The van der Waals surface area contributed by atoms with Gasteiger partial charge < -0.3 is 25.4 Å². The standard InChI is InChI=1S/C19H21N5O5/c1-10(26)12-5-3-2-4-11(12)6-20-17-14-18(22-8-21-17)24(9-23-14)19-16(28)15(27)13(7-25)29-19/h2-5,8-9,13,15-16,19,25,27-28H,6-7H2,1H3,(H,20,21,22)/t13-,15-,16-,19-/m1/s1. The first-order chi connectivity index (χ1) is 14.0. The van der Waals surface area contributed by atoms with Gasteiger partial charge in [-0.2, -0.15) is 0 Å². The largest absolute Gasteiger partial charge is 0.394 e. The smallest absolute Gasteiger partial charge is 0.167 e. The average molecular weight is 399 g/mol. The van der Waals surface area contributed by atoms with Crippen molar-refractivity contribution in [2.45, 2.75) is 38.0 Å². The Balaban J connectivity index is 1.61. The third-order valence-electron chi connectivity index (χ3n) is 4.99. The first kappa shape index (κ1) is 19.4. The molecule has 3 aromatic rings. The number of ketones is 1. The van der Waals surface area contributed by atoms with Gasteiger partial charge in [-0.05, 0) is 12.5 Å². The van der Waals surface area contributed by atoms with Crippen LogP contribution in [0.2, 0.25) is 0 Å². The maximum Gasteiger partial charge on any atom is 0.167 e. The fourth-order valence-corrected chi connectivity index (χ4v) is 3.47. The van der Waals surface area contributed by atoms with Crippen LogP contribution in [0.5, 0.6) is 0 Å². The summed E-state index contributed by atoms with van der Waals surface area (Å²) in [6.07, 6.45) is -1.50. The van der Waals surface area contributed by atoms with Gasteiger partial charge in [0.25, 0.3) is 0 Å². The molecular formula is C19H21N5O5. The fourth-order valence-electron chi connectivity index (χ4n) is 3.47. The first-order valence-corrected chi connectivity index (χ1v) is 9.14. The molecule has 4 atom stereocenters. The van der Waals surface area contributed by atoms with E-state index in [0.29, 0.717) is 29.1 Å². The van der Waals surface area contributed by atoms with E-state index in [1.54, 1.807) is 6.07 Å². The summed E-state index contributed by atoms with van der Waals surface area (Å²) in [7, 11) is 0. The molecule has 0 amide bonds. The Morgan fingerprint density at radius 3 is 2.72 bits per heavy atom. The van der Waals surface area contributed by atoms with Crippen molar-refractivity contribution in [3.8, 4) is 0 Å². The van der Waals surface area contributed by atoms with Crippen molar-refractivity contribution in [2.24, 2.45) is 0 Å². The monoisotopic (exact) mass is 399 g/mol. The molecule has 0 aliphatic carbocycles. The van der Waals surface area contributed by atoms with Gasteiger partial charge in [-0.15, -0.1) is 0 Å². The van der Waals surface area contributed by atoms with E-state index in [1.165, 1.54) is 24.1 Å². The Labute approximate surface area is 165 Å². The minimum Gasteiger partial charge on any atom is -0.394 e. The lowest BCUT2D eigenvalue weighted by Crippen LogP contribution is -2.33. The molecular weight excluding hydrogens is 378 g/mol. The number of nitrogens with one attached hydrogen (secondary N) is 1. The van der Waals surface area contributed by atoms with Crippen LogP contribution < -0.4 is 5.32 Å². The van der Waals surface area contributed by atoms with E-state index in [4.69, 9.17) is 4.74 Å². The van der Waals surface area contributed by atoms with Gasteiger partial charge in [-0.1, -0.05) is 24.3 Å². The van der Waals surface area contributed by atoms with E-state index in [1.807, 2.05) is 18.2 Å². The number of hydrogen-bond donors (Lipinski definition) is 4. The Hall–Kier alpha value is -2.92. The third-order valence-corrected chi connectivity index (χ3v) is 4.99. The molecule has 0 saturated carbocycles. The van der Waals surface area contributed by atoms with Gasteiger partial charge >= 0.3 is 0 Å². The number of benzene rings is 1. The van der Waals surface area contributed by atoms with Crippen molar-refractivity contribution in [2.75, 3.05) is 11.9 Å². The summed E-state index contributed by atoms with van der Waals surface area (Å²) in [4.78, 5) is 24.6. The molecule has 4 N–H and O–H groups in total. The van der Waals surface area contributed by atoms with Crippen LogP contribution in [0.4, 0.5) is 5.82 Å². The molecule has 0 unspecified atom stereocenters. The second-order valence-corrected chi connectivity index (χ2v) is 6.84. The first-order valence-electron chi connectivity index (χ1n) is 9.14. The zero-order valence-electron chi connectivity index (χ0n) is 15.6. The van der Waals surface area contributed by atoms with Crippen molar-refractivity contribution in [3.63, 3.8) is 0 Å². The van der Waals surface area contributed by atoms with Gasteiger partial charge in [0, 0.05) is 12.1 Å². The molecule has 2 aromatic heterocycles. The van der Waals surface area contributed by atoms with Crippen LogP contribution in [-0.2, 0) is 11.3 Å². The zero-order valence-corrected chi connectivity index (χ0v) is 15.6. The van der Waals surface area contributed by atoms with Crippen LogP contribution in [0.3, 0.4) is 0 Å². The Bertz CT molecular complexity index is 1040. The number of ether oxygens (including phenoxy) is 1. The number of aliphatic hydroxyl groups excluding tert-OH is 3. The molecule has 10 nitrogen and oxygen atoms in total. The highest BCUT2D eigenvalue weighted by Crippen LogP contribution is 2.32. The number of anilines is 1. The Kier molecular flexibility index (Phi) is 5.24. The predicted octanol–water partition coefficient (Wildman–Crippen LogP) is 0.252. The quantitative estimate of drug-likeness (QED) is 0.429. The molecule has 1 aliphatic heterocycles. The van der Waals surface area contributed by atoms with E-state index >= 15 is 0 Å².